The van der Waals surface area contributed by atoms with Crippen molar-refractivity contribution in [1.82, 2.24) is 0 Å². The molecule has 0 amide bonds. The quantitative estimate of drug-likeness (QED) is 0.300. The number of hydrogen-bond acceptors (Lipinski definition) is 5. The summed E-state index contributed by atoms with van der Waals surface area (Å²) >= 11 is 0. The lowest BCUT2D eigenvalue weighted by Gasteiger charge is -2.19. The molecule has 1 heterocycles. The second-order valence-corrected chi connectivity index (χ2v) is 9.24. The number of ether oxygens (including phenoxy) is 3. The molecule has 5 rings (SSSR count). The van der Waals surface area contributed by atoms with Crippen LogP contribution in [-0.4, -0.2) is 30.8 Å². The number of hydrogen-bond donors (Lipinski definition) is 0. The summed E-state index contributed by atoms with van der Waals surface area (Å²) in [5.74, 6) is -0.854. The molecule has 0 unspecified atom stereocenters. The lowest BCUT2D eigenvalue weighted by atomic mass is 9.98. The van der Waals surface area contributed by atoms with Gasteiger partial charge >= 0.3 is 11.9 Å². The summed E-state index contributed by atoms with van der Waals surface area (Å²) in [6.07, 6.45) is -0.973. The van der Waals surface area contributed by atoms with Crippen molar-refractivity contribution < 1.29 is 23.8 Å². The summed E-state index contributed by atoms with van der Waals surface area (Å²) in [4.78, 5) is 25.6. The molecule has 0 bridgehead atoms. The van der Waals surface area contributed by atoms with Gasteiger partial charge in [0.2, 0.25) is 0 Å². The summed E-state index contributed by atoms with van der Waals surface area (Å²) in [5.41, 5.74) is 4.10. The lowest BCUT2D eigenvalue weighted by Crippen LogP contribution is -2.32. The van der Waals surface area contributed by atoms with Crippen LogP contribution in [-0.2, 0) is 14.2 Å². The molecule has 36 heavy (non-hydrogen) atoms. The van der Waals surface area contributed by atoms with Crippen molar-refractivity contribution in [2.75, 3.05) is 6.61 Å². The van der Waals surface area contributed by atoms with E-state index in [2.05, 4.69) is 18.2 Å². The minimum atomic E-state index is -0.585. The van der Waals surface area contributed by atoms with Crippen LogP contribution in [0.2, 0.25) is 0 Å². The third-order valence-corrected chi connectivity index (χ3v) is 6.58. The average Bonchev–Trinajstić information content (AvgIpc) is 3.29. The van der Waals surface area contributed by atoms with E-state index in [1.807, 2.05) is 62.4 Å². The fourth-order valence-corrected chi connectivity index (χ4v) is 4.55. The summed E-state index contributed by atoms with van der Waals surface area (Å²) in [6, 6.07) is 28.7. The smallest absolute Gasteiger partial charge is 0.338 e. The minimum Gasteiger partial charge on any atom is -0.459 e. The van der Waals surface area contributed by atoms with Crippen molar-refractivity contribution in [3.05, 3.63) is 119 Å². The number of benzene rings is 4. The highest BCUT2D eigenvalue weighted by molar-refractivity contribution is 5.90. The Balaban J connectivity index is 1.36. The molecule has 1 fully saturated rings. The summed E-state index contributed by atoms with van der Waals surface area (Å²) < 4.78 is 17.9. The van der Waals surface area contributed by atoms with Crippen molar-refractivity contribution in [3.8, 4) is 0 Å². The topological polar surface area (TPSA) is 61.8 Å². The van der Waals surface area contributed by atoms with Crippen LogP contribution in [0, 0.1) is 13.8 Å². The molecule has 5 nitrogen and oxygen atoms in total. The van der Waals surface area contributed by atoms with Gasteiger partial charge in [-0.3, -0.25) is 0 Å². The average molecular weight is 481 g/mol. The largest absolute Gasteiger partial charge is 0.459 e. The van der Waals surface area contributed by atoms with Crippen LogP contribution < -0.4 is 0 Å². The highest BCUT2D eigenvalue weighted by Gasteiger charge is 2.40. The molecule has 0 aliphatic carbocycles. The van der Waals surface area contributed by atoms with Gasteiger partial charge in [0.1, 0.15) is 18.8 Å². The molecule has 0 aromatic heterocycles. The standard InChI is InChI=1S/C31H28O5/c1-20-10-14-23(15-11-20)30(32)34-19-29-28(36-31(33)24-16-12-21(2)13-17-24)18-27(35-29)26-9-5-7-22-6-3-4-8-25(22)26/h3-17,27-29H,18-19H2,1-2H3/t27-,28+,29-/m1/s1. The first kappa shape index (κ1) is 23.8. The summed E-state index contributed by atoms with van der Waals surface area (Å²) in [7, 11) is 0. The lowest BCUT2D eigenvalue weighted by molar-refractivity contribution is -0.0425. The van der Waals surface area contributed by atoms with E-state index >= 15 is 0 Å². The van der Waals surface area contributed by atoms with Gasteiger partial charge in [0.15, 0.2) is 0 Å². The van der Waals surface area contributed by atoms with E-state index in [0.717, 1.165) is 27.5 Å². The van der Waals surface area contributed by atoms with Gasteiger partial charge in [0.25, 0.3) is 0 Å². The molecule has 4 aromatic carbocycles. The Morgan fingerprint density at radius 1 is 0.778 bits per heavy atom. The number of carbonyl (C=O) groups excluding carboxylic acids is 2. The molecule has 4 aromatic rings. The van der Waals surface area contributed by atoms with Crippen molar-refractivity contribution >= 4 is 22.7 Å². The third-order valence-electron chi connectivity index (χ3n) is 6.58. The molecule has 3 atom stereocenters. The molecule has 0 N–H and O–H groups in total. The third kappa shape index (κ3) is 5.16. The molecular weight excluding hydrogens is 452 g/mol. The van der Waals surface area contributed by atoms with Crippen molar-refractivity contribution in [2.45, 2.75) is 38.6 Å². The van der Waals surface area contributed by atoms with Crippen LogP contribution in [0.3, 0.4) is 0 Å². The van der Waals surface area contributed by atoms with E-state index in [1.54, 1.807) is 24.3 Å². The molecule has 1 saturated heterocycles. The van der Waals surface area contributed by atoms with Crippen LogP contribution in [0.5, 0.6) is 0 Å². The van der Waals surface area contributed by atoms with Crippen LogP contribution in [0.25, 0.3) is 10.8 Å². The molecule has 1 aliphatic heterocycles. The van der Waals surface area contributed by atoms with Gasteiger partial charge in [-0.05, 0) is 54.4 Å². The van der Waals surface area contributed by atoms with Crippen molar-refractivity contribution in [1.29, 1.82) is 0 Å². The SMILES string of the molecule is Cc1ccc(C(=O)OC[C@H]2O[C@@H](c3cccc4ccccc34)C[C@@H]2OC(=O)c2ccc(C)cc2)cc1. The molecular formula is C31H28O5. The summed E-state index contributed by atoms with van der Waals surface area (Å²) in [6.45, 7) is 3.91. The maximum Gasteiger partial charge on any atom is 0.338 e. The van der Waals surface area contributed by atoms with Crippen LogP contribution in [0.4, 0.5) is 0 Å². The van der Waals surface area contributed by atoms with Crippen LogP contribution >= 0.6 is 0 Å². The van der Waals surface area contributed by atoms with Crippen LogP contribution in [0.1, 0.15) is 49.9 Å². The Morgan fingerprint density at radius 3 is 2.08 bits per heavy atom. The summed E-state index contributed by atoms with van der Waals surface area (Å²) in [5, 5.41) is 2.20. The van der Waals surface area contributed by atoms with Gasteiger partial charge in [-0.15, -0.1) is 0 Å². The zero-order chi connectivity index (χ0) is 25.1. The number of esters is 2. The number of fused-ring (bicyclic) bond motifs is 1. The second-order valence-electron chi connectivity index (χ2n) is 9.24. The molecule has 182 valence electrons. The van der Waals surface area contributed by atoms with Gasteiger partial charge in [0.05, 0.1) is 17.2 Å². The highest BCUT2D eigenvalue weighted by atomic mass is 16.6. The van der Waals surface area contributed by atoms with Crippen LogP contribution in [0.15, 0.2) is 91.0 Å². The Bertz CT molecular complexity index is 1370. The number of aryl methyl sites for hydroxylation is 2. The predicted molar refractivity (Wildman–Crippen MR) is 138 cm³/mol. The second kappa shape index (κ2) is 10.3. The first-order valence-electron chi connectivity index (χ1n) is 12.1. The fraction of sp³-hybridized carbons (Fsp3) is 0.226. The fourth-order valence-electron chi connectivity index (χ4n) is 4.55. The van der Waals surface area contributed by atoms with Gasteiger partial charge < -0.3 is 14.2 Å². The molecule has 5 heteroatoms. The van der Waals surface area contributed by atoms with Crippen molar-refractivity contribution in [2.24, 2.45) is 0 Å². The number of rotatable bonds is 6. The zero-order valence-corrected chi connectivity index (χ0v) is 20.3. The molecule has 1 aliphatic rings. The number of carbonyl (C=O) groups is 2. The Labute approximate surface area is 210 Å². The first-order valence-corrected chi connectivity index (χ1v) is 12.1. The van der Waals surface area contributed by atoms with Gasteiger partial charge in [-0.2, -0.15) is 0 Å². The van der Waals surface area contributed by atoms with Gasteiger partial charge in [-0.1, -0.05) is 77.9 Å². The van der Waals surface area contributed by atoms with Crippen molar-refractivity contribution in [3.63, 3.8) is 0 Å². The van der Waals surface area contributed by atoms with E-state index < -0.39 is 24.1 Å². The molecule has 0 saturated carbocycles. The van der Waals surface area contributed by atoms with E-state index in [9.17, 15) is 9.59 Å². The van der Waals surface area contributed by atoms with E-state index in [1.165, 1.54) is 0 Å². The normalized spacial score (nSPS) is 19.2. The first-order chi connectivity index (χ1) is 17.5. The molecule has 0 spiro atoms. The maximum atomic E-state index is 12.9. The predicted octanol–water partition coefficient (Wildman–Crippen LogP) is 6.37. The molecule has 0 radical (unpaired) electrons. The Kier molecular flexibility index (Phi) is 6.83. The minimum absolute atomic E-state index is 0.0141. The van der Waals surface area contributed by atoms with E-state index in [0.29, 0.717) is 17.5 Å². The van der Waals surface area contributed by atoms with E-state index in [-0.39, 0.29) is 12.7 Å². The Hall–Kier alpha value is -3.96. The monoisotopic (exact) mass is 480 g/mol. The maximum absolute atomic E-state index is 12.9. The highest BCUT2D eigenvalue weighted by Crippen LogP contribution is 2.38. The van der Waals surface area contributed by atoms with Gasteiger partial charge in [-0.25, -0.2) is 9.59 Å². The zero-order valence-electron chi connectivity index (χ0n) is 20.3. The van der Waals surface area contributed by atoms with Gasteiger partial charge in [0, 0.05) is 6.42 Å². The Morgan fingerprint density at radius 2 is 1.39 bits per heavy atom. The van der Waals surface area contributed by atoms with E-state index in [4.69, 9.17) is 14.2 Å².